The first-order valence-electron chi connectivity index (χ1n) is 8.66. The van der Waals surface area contributed by atoms with E-state index < -0.39 is 22.9 Å². The highest BCUT2D eigenvalue weighted by atomic mass is 32.2. The zero-order valence-electron chi connectivity index (χ0n) is 16.0. The van der Waals surface area contributed by atoms with Crippen LogP contribution in [-0.2, 0) is 9.53 Å². The van der Waals surface area contributed by atoms with Crippen LogP contribution in [0.25, 0.3) is 0 Å². The third-order valence-electron chi connectivity index (χ3n) is 4.19. The van der Waals surface area contributed by atoms with Crippen molar-refractivity contribution in [3.8, 4) is 0 Å². The number of carbonyl (C=O) groups is 2. The molecule has 1 aromatic carbocycles. The number of benzene rings is 1. The normalized spacial score (nSPS) is 12.9. The number of anilines is 1. The lowest BCUT2D eigenvalue weighted by atomic mass is 10.2. The molecular formula is C18H22N4O5S. The van der Waals surface area contributed by atoms with Crippen molar-refractivity contribution in [2.75, 3.05) is 11.6 Å². The van der Waals surface area contributed by atoms with Gasteiger partial charge in [-0.3, -0.25) is 14.9 Å². The average molecular weight is 406 g/mol. The van der Waals surface area contributed by atoms with Gasteiger partial charge in [-0.15, -0.1) is 11.8 Å². The number of rotatable bonds is 8. The molecular weight excluding hydrogens is 384 g/mol. The first kappa shape index (κ1) is 21.4. The van der Waals surface area contributed by atoms with Crippen molar-refractivity contribution in [3.05, 3.63) is 46.1 Å². The Morgan fingerprint density at radius 1 is 1.36 bits per heavy atom. The van der Waals surface area contributed by atoms with Crippen LogP contribution in [0.2, 0.25) is 0 Å². The Morgan fingerprint density at radius 3 is 2.68 bits per heavy atom. The minimum atomic E-state index is -1.09. The molecule has 2 rings (SSSR count). The Hall–Kier alpha value is -2.88. The standard InChI is InChI=1S/C18H22N4O5S/c1-5-11(2)21-16(8-9-19-21)20-17(23)12(3)27-18(24)13-6-7-15(28-4)14(10-13)22(25)26/h6-12H,5H2,1-4H3,(H,20,23)/t11-,12+/m1/s1. The van der Waals surface area contributed by atoms with Gasteiger partial charge in [0.25, 0.3) is 11.6 Å². The molecule has 0 spiro atoms. The maximum absolute atomic E-state index is 12.4. The van der Waals surface area contributed by atoms with Crippen molar-refractivity contribution < 1.29 is 19.2 Å². The summed E-state index contributed by atoms with van der Waals surface area (Å²) >= 11 is 1.20. The number of hydrogen-bond donors (Lipinski definition) is 1. The summed E-state index contributed by atoms with van der Waals surface area (Å²) in [6, 6.07) is 5.82. The minimum absolute atomic E-state index is 0.00815. The molecule has 28 heavy (non-hydrogen) atoms. The maximum atomic E-state index is 12.4. The quantitative estimate of drug-likeness (QED) is 0.308. The second-order valence-electron chi connectivity index (χ2n) is 6.10. The van der Waals surface area contributed by atoms with E-state index in [0.29, 0.717) is 10.7 Å². The first-order valence-corrected chi connectivity index (χ1v) is 9.88. The minimum Gasteiger partial charge on any atom is -0.449 e. The van der Waals surface area contributed by atoms with E-state index in [2.05, 4.69) is 10.4 Å². The summed E-state index contributed by atoms with van der Waals surface area (Å²) in [7, 11) is 0. The summed E-state index contributed by atoms with van der Waals surface area (Å²) in [4.78, 5) is 35.7. The molecule has 10 heteroatoms. The van der Waals surface area contributed by atoms with Crippen molar-refractivity contribution >= 4 is 35.1 Å². The molecule has 0 saturated carbocycles. The van der Waals surface area contributed by atoms with Crippen LogP contribution in [0.15, 0.2) is 35.4 Å². The number of nitrogens with zero attached hydrogens (tertiary/aromatic N) is 3. The number of aromatic nitrogens is 2. The molecule has 0 aliphatic carbocycles. The Balaban J connectivity index is 2.08. The van der Waals surface area contributed by atoms with Gasteiger partial charge in [-0.05, 0) is 38.7 Å². The smallest absolute Gasteiger partial charge is 0.339 e. The molecule has 1 aromatic heterocycles. The first-order chi connectivity index (χ1) is 13.3. The molecule has 2 atom stereocenters. The molecule has 0 bridgehead atoms. The number of carbonyl (C=O) groups excluding carboxylic acids is 2. The largest absolute Gasteiger partial charge is 0.449 e. The molecule has 150 valence electrons. The Morgan fingerprint density at radius 2 is 2.07 bits per heavy atom. The van der Waals surface area contributed by atoms with Crippen molar-refractivity contribution in [1.29, 1.82) is 0 Å². The van der Waals surface area contributed by atoms with E-state index in [4.69, 9.17) is 4.74 Å². The van der Waals surface area contributed by atoms with E-state index in [1.165, 1.54) is 30.8 Å². The van der Waals surface area contributed by atoms with Crippen LogP contribution in [-0.4, -0.2) is 38.9 Å². The molecule has 9 nitrogen and oxygen atoms in total. The molecule has 2 aromatic rings. The second kappa shape index (κ2) is 9.36. The van der Waals surface area contributed by atoms with Gasteiger partial charge in [-0.2, -0.15) is 5.10 Å². The lowest BCUT2D eigenvalue weighted by molar-refractivity contribution is -0.387. The van der Waals surface area contributed by atoms with Gasteiger partial charge in [-0.25, -0.2) is 9.48 Å². The molecule has 0 unspecified atom stereocenters. The van der Waals surface area contributed by atoms with E-state index in [1.54, 1.807) is 23.2 Å². The lowest BCUT2D eigenvalue weighted by Crippen LogP contribution is -2.31. The molecule has 0 aliphatic rings. The van der Waals surface area contributed by atoms with Crippen molar-refractivity contribution in [3.63, 3.8) is 0 Å². The zero-order chi connectivity index (χ0) is 20.8. The van der Waals surface area contributed by atoms with Crippen molar-refractivity contribution in [2.45, 2.75) is 44.2 Å². The van der Waals surface area contributed by atoms with Gasteiger partial charge < -0.3 is 10.1 Å². The number of hydrogen-bond acceptors (Lipinski definition) is 7. The summed E-state index contributed by atoms with van der Waals surface area (Å²) in [6.45, 7) is 5.41. The molecule has 1 amide bonds. The molecule has 0 saturated heterocycles. The Kier molecular flexibility index (Phi) is 7.16. The SMILES string of the molecule is CC[C@@H](C)n1nccc1NC(=O)[C@H](C)OC(=O)c1ccc(SC)c([N+](=O)[O-])c1. The fourth-order valence-electron chi connectivity index (χ4n) is 2.41. The van der Waals surface area contributed by atoms with E-state index in [-0.39, 0.29) is 17.3 Å². The third-order valence-corrected chi connectivity index (χ3v) is 4.98. The van der Waals surface area contributed by atoms with Gasteiger partial charge in [0.2, 0.25) is 0 Å². The van der Waals surface area contributed by atoms with Crippen molar-refractivity contribution in [2.24, 2.45) is 0 Å². The number of amides is 1. The van der Waals surface area contributed by atoms with Crippen LogP contribution in [0.4, 0.5) is 11.5 Å². The van der Waals surface area contributed by atoms with Crippen LogP contribution >= 0.6 is 11.8 Å². The predicted molar refractivity (Wildman–Crippen MR) is 106 cm³/mol. The van der Waals surface area contributed by atoms with Gasteiger partial charge in [0, 0.05) is 12.1 Å². The highest BCUT2D eigenvalue weighted by Crippen LogP contribution is 2.28. The van der Waals surface area contributed by atoms with E-state index in [1.807, 2.05) is 13.8 Å². The van der Waals surface area contributed by atoms with Crippen LogP contribution in [0.3, 0.4) is 0 Å². The summed E-state index contributed by atoms with van der Waals surface area (Å²) < 4.78 is 6.85. The summed E-state index contributed by atoms with van der Waals surface area (Å²) in [6.07, 6.45) is 3.02. The van der Waals surface area contributed by atoms with E-state index in [9.17, 15) is 19.7 Å². The Labute approximate surface area is 166 Å². The molecule has 0 fully saturated rings. The summed E-state index contributed by atoms with van der Waals surface area (Å²) in [5.41, 5.74) is -0.176. The predicted octanol–water partition coefficient (Wildman–Crippen LogP) is 3.67. The number of nitrogens with one attached hydrogen (secondary N) is 1. The zero-order valence-corrected chi connectivity index (χ0v) is 16.9. The van der Waals surface area contributed by atoms with Gasteiger partial charge >= 0.3 is 5.97 Å². The number of thioether (sulfide) groups is 1. The second-order valence-corrected chi connectivity index (χ2v) is 6.95. The highest BCUT2D eigenvalue weighted by molar-refractivity contribution is 7.98. The Bertz CT molecular complexity index is 883. The number of nitro groups is 1. The van der Waals surface area contributed by atoms with E-state index in [0.717, 1.165) is 12.5 Å². The molecule has 1 N–H and O–H groups in total. The summed E-state index contributed by atoms with van der Waals surface area (Å²) in [5.74, 6) is -0.829. The fourth-order valence-corrected chi connectivity index (χ4v) is 2.95. The van der Waals surface area contributed by atoms with Crippen LogP contribution in [0.5, 0.6) is 0 Å². The van der Waals surface area contributed by atoms with E-state index >= 15 is 0 Å². The molecule has 0 aliphatic heterocycles. The summed E-state index contributed by atoms with van der Waals surface area (Å²) in [5, 5.41) is 18.0. The third kappa shape index (κ3) is 4.89. The average Bonchev–Trinajstić information content (AvgIpc) is 3.14. The van der Waals surface area contributed by atoms with Gasteiger partial charge in [0.1, 0.15) is 5.82 Å². The fraction of sp³-hybridized carbons (Fsp3) is 0.389. The van der Waals surface area contributed by atoms with Gasteiger partial charge in [0.15, 0.2) is 6.10 Å². The number of ether oxygens (including phenoxy) is 1. The highest BCUT2D eigenvalue weighted by Gasteiger charge is 2.23. The monoisotopic (exact) mass is 406 g/mol. The number of esters is 1. The lowest BCUT2D eigenvalue weighted by Gasteiger charge is -2.17. The van der Waals surface area contributed by atoms with Crippen molar-refractivity contribution in [1.82, 2.24) is 9.78 Å². The van der Waals surface area contributed by atoms with Gasteiger partial charge in [-0.1, -0.05) is 6.92 Å². The molecule has 0 radical (unpaired) electrons. The van der Waals surface area contributed by atoms with Gasteiger partial charge in [0.05, 0.1) is 27.6 Å². The maximum Gasteiger partial charge on any atom is 0.339 e. The number of nitro benzene ring substituents is 1. The topological polar surface area (TPSA) is 116 Å². The van der Waals surface area contributed by atoms with Crippen LogP contribution in [0, 0.1) is 10.1 Å². The van der Waals surface area contributed by atoms with Crippen LogP contribution in [0.1, 0.15) is 43.6 Å². The van der Waals surface area contributed by atoms with Crippen LogP contribution < -0.4 is 5.32 Å². The molecule has 1 heterocycles.